The molecule has 1 fully saturated rings. The molecule has 3 rings (SSSR count). The molecule has 5 nitrogen and oxygen atoms in total. The molecule has 6 heteroatoms. The normalized spacial score (nSPS) is 16.0. The van der Waals surface area contributed by atoms with Gasteiger partial charge in [0.05, 0.1) is 6.54 Å². The Labute approximate surface area is 129 Å². The lowest BCUT2D eigenvalue weighted by atomic mass is 9.89. The Kier molecular flexibility index (Phi) is 4.70. The summed E-state index contributed by atoms with van der Waals surface area (Å²) < 4.78 is 1.80. The van der Waals surface area contributed by atoms with Crippen molar-refractivity contribution in [3.05, 3.63) is 34.9 Å². The van der Waals surface area contributed by atoms with Gasteiger partial charge in [-0.2, -0.15) is 0 Å². The molecule has 0 spiro atoms. The van der Waals surface area contributed by atoms with Gasteiger partial charge in [-0.05, 0) is 46.9 Å². The molecule has 0 amide bonds. The molecule has 1 N–H and O–H groups in total. The molecule has 0 atom stereocenters. The van der Waals surface area contributed by atoms with Gasteiger partial charge >= 0.3 is 0 Å². The SMILES string of the molecule is Clc1ccc(Cn2nnnc2NCC2CCCCC2)cc1. The lowest BCUT2D eigenvalue weighted by Crippen LogP contribution is -2.19. The summed E-state index contributed by atoms with van der Waals surface area (Å²) in [5.41, 5.74) is 1.13. The van der Waals surface area contributed by atoms with E-state index in [-0.39, 0.29) is 0 Å². The van der Waals surface area contributed by atoms with Gasteiger partial charge in [-0.15, -0.1) is 0 Å². The van der Waals surface area contributed by atoms with Gasteiger partial charge in [0.25, 0.3) is 0 Å². The lowest BCUT2D eigenvalue weighted by Gasteiger charge is -2.21. The summed E-state index contributed by atoms with van der Waals surface area (Å²) in [6, 6.07) is 7.76. The average Bonchev–Trinajstić information content (AvgIpc) is 2.96. The number of hydrogen-bond acceptors (Lipinski definition) is 4. The first-order chi connectivity index (χ1) is 10.3. The smallest absolute Gasteiger partial charge is 0.243 e. The number of tetrazole rings is 1. The van der Waals surface area contributed by atoms with E-state index in [4.69, 9.17) is 11.6 Å². The molecule has 1 aliphatic carbocycles. The number of benzene rings is 1. The van der Waals surface area contributed by atoms with Gasteiger partial charge < -0.3 is 5.32 Å². The topological polar surface area (TPSA) is 55.6 Å². The average molecular weight is 306 g/mol. The van der Waals surface area contributed by atoms with E-state index in [9.17, 15) is 0 Å². The van der Waals surface area contributed by atoms with Crippen LogP contribution in [0, 0.1) is 5.92 Å². The van der Waals surface area contributed by atoms with E-state index >= 15 is 0 Å². The first kappa shape index (κ1) is 14.3. The third kappa shape index (κ3) is 3.94. The van der Waals surface area contributed by atoms with Gasteiger partial charge in [0.15, 0.2) is 0 Å². The monoisotopic (exact) mass is 305 g/mol. The highest BCUT2D eigenvalue weighted by Crippen LogP contribution is 2.23. The van der Waals surface area contributed by atoms with Crippen LogP contribution in [0.25, 0.3) is 0 Å². The first-order valence-electron chi connectivity index (χ1n) is 7.56. The van der Waals surface area contributed by atoms with Crippen LogP contribution >= 0.6 is 11.6 Å². The molecular formula is C15H20ClN5. The minimum atomic E-state index is 0.650. The fourth-order valence-electron chi connectivity index (χ4n) is 2.83. The predicted octanol–water partition coefficient (Wildman–Crippen LogP) is 3.37. The molecule has 1 aliphatic rings. The summed E-state index contributed by atoms with van der Waals surface area (Å²) in [5.74, 6) is 1.50. The van der Waals surface area contributed by atoms with Crippen molar-refractivity contribution in [1.82, 2.24) is 20.2 Å². The van der Waals surface area contributed by atoms with Crippen LogP contribution in [0.5, 0.6) is 0 Å². The lowest BCUT2D eigenvalue weighted by molar-refractivity contribution is 0.372. The van der Waals surface area contributed by atoms with Crippen LogP contribution in [0.4, 0.5) is 5.95 Å². The largest absolute Gasteiger partial charge is 0.353 e. The van der Waals surface area contributed by atoms with Crippen molar-refractivity contribution in [2.75, 3.05) is 11.9 Å². The summed E-state index contributed by atoms with van der Waals surface area (Å²) >= 11 is 5.90. The van der Waals surface area contributed by atoms with E-state index in [1.54, 1.807) is 4.68 Å². The molecule has 21 heavy (non-hydrogen) atoms. The third-order valence-electron chi connectivity index (χ3n) is 4.05. The third-order valence-corrected chi connectivity index (χ3v) is 4.30. The molecule has 1 heterocycles. The Morgan fingerprint density at radius 2 is 1.90 bits per heavy atom. The van der Waals surface area contributed by atoms with Crippen LogP contribution in [-0.4, -0.2) is 26.8 Å². The Bertz CT molecular complexity index is 560. The van der Waals surface area contributed by atoms with Gasteiger partial charge in [-0.25, -0.2) is 4.68 Å². The first-order valence-corrected chi connectivity index (χ1v) is 7.93. The van der Waals surface area contributed by atoms with Crippen LogP contribution < -0.4 is 5.32 Å². The van der Waals surface area contributed by atoms with Crippen molar-refractivity contribution in [2.45, 2.75) is 38.6 Å². The number of anilines is 1. The molecule has 0 bridgehead atoms. The number of halogens is 1. The van der Waals surface area contributed by atoms with Crippen molar-refractivity contribution in [3.63, 3.8) is 0 Å². The van der Waals surface area contributed by atoms with Crippen molar-refractivity contribution in [3.8, 4) is 0 Å². The van der Waals surface area contributed by atoms with Crippen LogP contribution in [-0.2, 0) is 6.54 Å². The van der Waals surface area contributed by atoms with Crippen molar-refractivity contribution >= 4 is 17.5 Å². The summed E-state index contributed by atoms with van der Waals surface area (Å²) in [6.07, 6.45) is 6.70. The minimum absolute atomic E-state index is 0.650. The fraction of sp³-hybridized carbons (Fsp3) is 0.533. The van der Waals surface area contributed by atoms with Crippen LogP contribution in [0.15, 0.2) is 24.3 Å². The van der Waals surface area contributed by atoms with Crippen LogP contribution in [0.1, 0.15) is 37.7 Å². The minimum Gasteiger partial charge on any atom is -0.353 e. The van der Waals surface area contributed by atoms with E-state index in [0.717, 1.165) is 29.0 Å². The molecule has 1 aromatic carbocycles. The van der Waals surface area contributed by atoms with Gasteiger partial charge in [-0.3, -0.25) is 0 Å². The number of aromatic nitrogens is 4. The summed E-state index contributed by atoms with van der Waals surface area (Å²) in [6.45, 7) is 1.61. The predicted molar refractivity (Wildman–Crippen MR) is 83.4 cm³/mol. The van der Waals surface area contributed by atoms with E-state index < -0.39 is 0 Å². The standard InChI is InChI=1S/C15H20ClN5/c16-14-8-6-13(7-9-14)11-21-15(18-19-20-21)17-10-12-4-2-1-3-5-12/h6-9,12H,1-5,10-11H2,(H,17,18,20). The Morgan fingerprint density at radius 3 is 2.67 bits per heavy atom. The maximum Gasteiger partial charge on any atom is 0.243 e. The Balaban J connectivity index is 1.59. The molecular weight excluding hydrogens is 286 g/mol. The Morgan fingerprint density at radius 1 is 1.14 bits per heavy atom. The van der Waals surface area contributed by atoms with Crippen LogP contribution in [0.2, 0.25) is 5.02 Å². The highest BCUT2D eigenvalue weighted by Gasteiger charge is 2.14. The van der Waals surface area contributed by atoms with Gasteiger partial charge in [0.2, 0.25) is 5.95 Å². The molecule has 0 saturated heterocycles. The molecule has 112 valence electrons. The summed E-state index contributed by atoms with van der Waals surface area (Å²) in [7, 11) is 0. The van der Waals surface area contributed by atoms with Gasteiger partial charge in [0, 0.05) is 11.6 Å². The molecule has 1 aromatic heterocycles. The molecule has 0 aliphatic heterocycles. The van der Waals surface area contributed by atoms with E-state index in [0.29, 0.717) is 6.54 Å². The number of rotatable bonds is 5. The van der Waals surface area contributed by atoms with Crippen molar-refractivity contribution in [2.24, 2.45) is 5.92 Å². The molecule has 0 radical (unpaired) electrons. The second kappa shape index (κ2) is 6.89. The zero-order valence-electron chi connectivity index (χ0n) is 12.0. The summed E-state index contributed by atoms with van der Waals surface area (Å²) in [5, 5.41) is 16.0. The zero-order chi connectivity index (χ0) is 14.5. The van der Waals surface area contributed by atoms with E-state index in [2.05, 4.69) is 20.8 Å². The second-order valence-electron chi connectivity index (χ2n) is 5.67. The van der Waals surface area contributed by atoms with Crippen molar-refractivity contribution in [1.29, 1.82) is 0 Å². The second-order valence-corrected chi connectivity index (χ2v) is 6.11. The zero-order valence-corrected chi connectivity index (χ0v) is 12.8. The number of hydrogen-bond donors (Lipinski definition) is 1. The maximum absolute atomic E-state index is 5.90. The Hall–Kier alpha value is -1.62. The number of nitrogens with zero attached hydrogens (tertiary/aromatic N) is 4. The molecule has 2 aromatic rings. The maximum atomic E-state index is 5.90. The van der Waals surface area contributed by atoms with Gasteiger partial charge in [0.1, 0.15) is 0 Å². The van der Waals surface area contributed by atoms with Crippen LogP contribution in [0.3, 0.4) is 0 Å². The summed E-state index contributed by atoms with van der Waals surface area (Å²) in [4.78, 5) is 0. The molecule has 0 unspecified atom stereocenters. The van der Waals surface area contributed by atoms with E-state index in [1.165, 1.54) is 32.1 Å². The number of nitrogens with one attached hydrogen (secondary N) is 1. The van der Waals surface area contributed by atoms with E-state index in [1.807, 2.05) is 24.3 Å². The van der Waals surface area contributed by atoms with Gasteiger partial charge in [-0.1, -0.05) is 48.1 Å². The highest BCUT2D eigenvalue weighted by molar-refractivity contribution is 6.30. The fourth-order valence-corrected chi connectivity index (χ4v) is 2.95. The molecule has 1 saturated carbocycles. The quantitative estimate of drug-likeness (QED) is 0.920. The van der Waals surface area contributed by atoms with Crippen molar-refractivity contribution < 1.29 is 0 Å². The highest BCUT2D eigenvalue weighted by atomic mass is 35.5.